The Morgan fingerprint density at radius 2 is 2.24 bits per heavy atom. The molecule has 0 bridgehead atoms. The number of carbonyl (C=O) groups is 1. The molecule has 0 radical (unpaired) electrons. The Hall–Kier alpha value is -1.45. The standard InChI is InChI=1S/C8H13N3O5S/c1-5-10-7(4-11(5)2)17(15,16)9-3-6(12)8(13)14/h4,6,9,12H,3H2,1-2H3,(H,13,14). The lowest BCUT2D eigenvalue weighted by Gasteiger charge is -2.06. The maximum absolute atomic E-state index is 11.6. The van der Waals surface area contributed by atoms with Crippen LogP contribution in [0.25, 0.3) is 0 Å². The highest BCUT2D eigenvalue weighted by molar-refractivity contribution is 7.89. The average molecular weight is 263 g/mol. The number of nitrogens with one attached hydrogen (secondary N) is 1. The van der Waals surface area contributed by atoms with E-state index < -0.39 is 28.6 Å². The van der Waals surface area contributed by atoms with Gasteiger partial charge in [0.2, 0.25) is 0 Å². The number of carboxylic acids is 1. The van der Waals surface area contributed by atoms with Crippen LogP contribution in [0.5, 0.6) is 0 Å². The first-order chi connectivity index (χ1) is 7.74. The van der Waals surface area contributed by atoms with Gasteiger partial charge in [0.25, 0.3) is 10.0 Å². The van der Waals surface area contributed by atoms with Crippen molar-refractivity contribution in [3.63, 3.8) is 0 Å². The molecule has 0 amide bonds. The van der Waals surface area contributed by atoms with Crippen molar-refractivity contribution in [2.75, 3.05) is 6.54 Å². The summed E-state index contributed by atoms with van der Waals surface area (Å²) in [6.45, 7) is 1.03. The van der Waals surface area contributed by atoms with Crippen LogP contribution in [-0.4, -0.2) is 46.8 Å². The quantitative estimate of drug-likeness (QED) is 0.591. The molecular formula is C8H13N3O5S. The summed E-state index contributed by atoms with van der Waals surface area (Å²) in [6, 6.07) is 0. The Morgan fingerprint density at radius 1 is 1.65 bits per heavy atom. The Morgan fingerprint density at radius 3 is 2.65 bits per heavy atom. The largest absolute Gasteiger partial charge is 0.479 e. The van der Waals surface area contributed by atoms with Crippen LogP contribution in [0, 0.1) is 6.92 Å². The van der Waals surface area contributed by atoms with Crippen molar-refractivity contribution >= 4 is 16.0 Å². The third-order valence-corrected chi connectivity index (χ3v) is 3.41. The summed E-state index contributed by atoms with van der Waals surface area (Å²) in [5.74, 6) is -0.992. The number of aryl methyl sites for hydroxylation is 2. The second-order valence-corrected chi connectivity index (χ2v) is 5.16. The molecule has 0 aliphatic carbocycles. The summed E-state index contributed by atoms with van der Waals surface area (Å²) in [5, 5.41) is 17.1. The highest BCUT2D eigenvalue weighted by Gasteiger charge is 2.21. The van der Waals surface area contributed by atoms with Crippen LogP contribution < -0.4 is 4.72 Å². The highest BCUT2D eigenvalue weighted by atomic mass is 32.2. The Kier molecular flexibility index (Phi) is 3.86. The Bertz CT molecular complexity index is 502. The van der Waals surface area contributed by atoms with Crippen LogP contribution in [0.2, 0.25) is 0 Å². The zero-order chi connectivity index (χ0) is 13.2. The number of sulfonamides is 1. The lowest BCUT2D eigenvalue weighted by atomic mass is 10.4. The van der Waals surface area contributed by atoms with Gasteiger partial charge in [-0.2, -0.15) is 0 Å². The van der Waals surface area contributed by atoms with Crippen LogP contribution in [0.15, 0.2) is 11.2 Å². The predicted octanol–water partition coefficient (Wildman–Crippen LogP) is -1.55. The molecule has 1 aromatic heterocycles. The number of imidazole rings is 1. The molecule has 0 fully saturated rings. The predicted molar refractivity (Wildman–Crippen MR) is 56.8 cm³/mol. The fraction of sp³-hybridized carbons (Fsp3) is 0.500. The van der Waals surface area contributed by atoms with Gasteiger partial charge in [-0.3, -0.25) is 0 Å². The molecule has 3 N–H and O–H groups in total. The molecule has 0 aromatic carbocycles. The summed E-state index contributed by atoms with van der Waals surface area (Å²) >= 11 is 0. The smallest absolute Gasteiger partial charge is 0.333 e. The molecule has 1 aromatic rings. The lowest BCUT2D eigenvalue weighted by molar-refractivity contribution is -0.146. The molecule has 0 aliphatic heterocycles. The number of aromatic nitrogens is 2. The Labute approximate surface area is 98.0 Å². The van der Waals surface area contributed by atoms with Crippen LogP contribution in [0.1, 0.15) is 5.82 Å². The molecule has 0 aliphatic rings. The number of hydrogen-bond donors (Lipinski definition) is 3. The van der Waals surface area contributed by atoms with E-state index in [4.69, 9.17) is 10.2 Å². The number of aliphatic hydroxyl groups excluding tert-OH is 1. The van der Waals surface area contributed by atoms with Gasteiger partial charge in [0.1, 0.15) is 5.82 Å². The minimum Gasteiger partial charge on any atom is -0.479 e. The van der Waals surface area contributed by atoms with E-state index in [2.05, 4.69) is 4.98 Å². The van der Waals surface area contributed by atoms with Gasteiger partial charge in [0.05, 0.1) is 0 Å². The topological polar surface area (TPSA) is 122 Å². The molecule has 0 saturated carbocycles. The lowest BCUT2D eigenvalue weighted by Crippen LogP contribution is -2.36. The van der Waals surface area contributed by atoms with Crippen LogP contribution in [-0.2, 0) is 21.9 Å². The summed E-state index contributed by atoms with van der Waals surface area (Å²) in [6.07, 6.45) is -0.486. The van der Waals surface area contributed by atoms with Crippen LogP contribution in [0.4, 0.5) is 0 Å². The van der Waals surface area contributed by atoms with E-state index in [0.29, 0.717) is 5.82 Å². The van der Waals surface area contributed by atoms with E-state index in [1.165, 1.54) is 10.8 Å². The number of hydrogen-bond acceptors (Lipinski definition) is 5. The molecule has 1 heterocycles. The van der Waals surface area contributed by atoms with Gasteiger partial charge in [0, 0.05) is 19.8 Å². The third kappa shape index (κ3) is 3.25. The molecule has 96 valence electrons. The van der Waals surface area contributed by atoms with Gasteiger partial charge in [0.15, 0.2) is 11.1 Å². The van der Waals surface area contributed by atoms with E-state index in [0.717, 1.165) is 0 Å². The summed E-state index contributed by atoms with van der Waals surface area (Å²) in [5.41, 5.74) is 0. The normalized spacial score (nSPS) is 13.6. The van der Waals surface area contributed by atoms with Crippen molar-refractivity contribution in [2.45, 2.75) is 18.1 Å². The molecular weight excluding hydrogens is 250 g/mol. The van der Waals surface area contributed by atoms with Gasteiger partial charge in [-0.05, 0) is 6.92 Å². The molecule has 0 spiro atoms. The monoisotopic (exact) mass is 263 g/mol. The first kappa shape index (κ1) is 13.6. The Balaban J connectivity index is 2.79. The summed E-state index contributed by atoms with van der Waals surface area (Å²) in [4.78, 5) is 14.1. The molecule has 9 heteroatoms. The van der Waals surface area contributed by atoms with Crippen molar-refractivity contribution in [1.82, 2.24) is 14.3 Å². The molecule has 1 unspecified atom stereocenters. The second kappa shape index (κ2) is 4.82. The molecule has 1 rings (SSSR count). The van der Waals surface area contributed by atoms with Gasteiger partial charge in [-0.15, -0.1) is 0 Å². The first-order valence-electron chi connectivity index (χ1n) is 4.64. The number of aliphatic hydroxyl groups is 1. The highest BCUT2D eigenvalue weighted by Crippen LogP contribution is 2.07. The van der Waals surface area contributed by atoms with E-state index >= 15 is 0 Å². The van der Waals surface area contributed by atoms with Crippen molar-refractivity contribution in [3.05, 3.63) is 12.0 Å². The van der Waals surface area contributed by atoms with Crippen LogP contribution >= 0.6 is 0 Å². The number of nitrogens with zero attached hydrogens (tertiary/aromatic N) is 2. The zero-order valence-corrected chi connectivity index (χ0v) is 10.1. The maximum Gasteiger partial charge on any atom is 0.333 e. The second-order valence-electron chi connectivity index (χ2n) is 3.44. The fourth-order valence-corrected chi connectivity index (χ4v) is 2.08. The molecule has 8 nitrogen and oxygen atoms in total. The molecule has 17 heavy (non-hydrogen) atoms. The SMILES string of the molecule is Cc1nc(S(=O)(=O)NCC(O)C(=O)O)cn1C. The molecule has 1 atom stereocenters. The van der Waals surface area contributed by atoms with Gasteiger partial charge < -0.3 is 14.8 Å². The van der Waals surface area contributed by atoms with E-state index in [-0.39, 0.29) is 5.03 Å². The van der Waals surface area contributed by atoms with Gasteiger partial charge >= 0.3 is 5.97 Å². The number of aliphatic carboxylic acids is 1. The van der Waals surface area contributed by atoms with Crippen LogP contribution in [0.3, 0.4) is 0 Å². The van der Waals surface area contributed by atoms with E-state index in [9.17, 15) is 13.2 Å². The maximum atomic E-state index is 11.6. The van der Waals surface area contributed by atoms with Crippen molar-refractivity contribution in [2.24, 2.45) is 7.05 Å². The minimum absolute atomic E-state index is 0.213. The number of carboxylic acid groups (broad SMARTS) is 1. The fourth-order valence-electron chi connectivity index (χ4n) is 1.01. The summed E-state index contributed by atoms with van der Waals surface area (Å²) in [7, 11) is -2.26. The van der Waals surface area contributed by atoms with Gasteiger partial charge in [-0.1, -0.05) is 0 Å². The van der Waals surface area contributed by atoms with Crippen molar-refractivity contribution in [3.8, 4) is 0 Å². The third-order valence-electron chi connectivity index (χ3n) is 2.11. The van der Waals surface area contributed by atoms with E-state index in [1.807, 2.05) is 4.72 Å². The van der Waals surface area contributed by atoms with Crippen molar-refractivity contribution in [1.29, 1.82) is 0 Å². The number of rotatable bonds is 5. The zero-order valence-electron chi connectivity index (χ0n) is 9.28. The van der Waals surface area contributed by atoms with Gasteiger partial charge in [-0.25, -0.2) is 22.9 Å². The van der Waals surface area contributed by atoms with Crippen molar-refractivity contribution < 1.29 is 23.4 Å². The minimum atomic E-state index is -3.90. The summed E-state index contributed by atoms with van der Waals surface area (Å²) < 4.78 is 26.7. The first-order valence-corrected chi connectivity index (χ1v) is 6.13. The molecule has 0 saturated heterocycles. The van der Waals surface area contributed by atoms with E-state index in [1.54, 1.807) is 14.0 Å². The average Bonchev–Trinajstić information content (AvgIpc) is 2.56.